The molecule has 32 heavy (non-hydrogen) atoms. The SMILES string of the molecule is CNc1cc2c(cn1)c(-c1cnn(C)c1)nn2C1CCC(Oc2ccc(F)cc2F)CC1. The average molecular weight is 438 g/mol. The second-order valence-corrected chi connectivity index (χ2v) is 8.16. The molecule has 1 N–H and O–H groups in total. The zero-order valence-corrected chi connectivity index (χ0v) is 17.9. The third-order valence-electron chi connectivity index (χ3n) is 6.00. The van der Waals surface area contributed by atoms with E-state index in [4.69, 9.17) is 9.84 Å². The quantitative estimate of drug-likeness (QED) is 0.489. The first-order valence-electron chi connectivity index (χ1n) is 10.7. The van der Waals surface area contributed by atoms with Gasteiger partial charge in [0.05, 0.1) is 23.9 Å². The number of ether oxygens (including phenoxy) is 1. The number of hydrogen-bond donors (Lipinski definition) is 1. The van der Waals surface area contributed by atoms with E-state index in [9.17, 15) is 8.78 Å². The van der Waals surface area contributed by atoms with Gasteiger partial charge in [-0.1, -0.05) is 0 Å². The van der Waals surface area contributed by atoms with E-state index < -0.39 is 11.6 Å². The van der Waals surface area contributed by atoms with Crippen LogP contribution in [0.1, 0.15) is 31.7 Å². The number of halogens is 2. The molecular weight excluding hydrogens is 414 g/mol. The summed E-state index contributed by atoms with van der Waals surface area (Å²) in [7, 11) is 3.72. The van der Waals surface area contributed by atoms with Crippen molar-refractivity contribution in [1.29, 1.82) is 0 Å². The summed E-state index contributed by atoms with van der Waals surface area (Å²) < 4.78 is 36.8. The van der Waals surface area contributed by atoms with E-state index in [1.54, 1.807) is 10.9 Å². The molecule has 0 saturated heterocycles. The molecule has 7 nitrogen and oxygen atoms in total. The number of nitrogens with zero attached hydrogens (tertiary/aromatic N) is 5. The molecule has 0 radical (unpaired) electrons. The van der Waals surface area contributed by atoms with Crippen LogP contribution in [0.2, 0.25) is 0 Å². The van der Waals surface area contributed by atoms with Gasteiger partial charge in [0.2, 0.25) is 0 Å². The third-order valence-corrected chi connectivity index (χ3v) is 6.00. The lowest BCUT2D eigenvalue weighted by Crippen LogP contribution is -2.26. The van der Waals surface area contributed by atoms with Crippen molar-refractivity contribution in [2.24, 2.45) is 7.05 Å². The summed E-state index contributed by atoms with van der Waals surface area (Å²) in [5, 5.41) is 13.3. The largest absolute Gasteiger partial charge is 0.487 e. The lowest BCUT2D eigenvalue weighted by molar-refractivity contribution is 0.126. The molecule has 3 aromatic heterocycles. The number of fused-ring (bicyclic) bond motifs is 1. The van der Waals surface area contributed by atoms with Crippen molar-refractivity contribution in [3.05, 3.63) is 54.5 Å². The van der Waals surface area contributed by atoms with Crippen LogP contribution in [0, 0.1) is 11.6 Å². The number of nitrogens with one attached hydrogen (secondary N) is 1. The fourth-order valence-corrected chi connectivity index (χ4v) is 4.36. The van der Waals surface area contributed by atoms with Crippen LogP contribution in [0.5, 0.6) is 5.75 Å². The molecule has 0 aliphatic heterocycles. The fourth-order valence-electron chi connectivity index (χ4n) is 4.36. The van der Waals surface area contributed by atoms with Crippen LogP contribution >= 0.6 is 0 Å². The van der Waals surface area contributed by atoms with Crippen molar-refractivity contribution < 1.29 is 13.5 Å². The van der Waals surface area contributed by atoms with Crippen LogP contribution in [0.25, 0.3) is 22.2 Å². The monoisotopic (exact) mass is 438 g/mol. The van der Waals surface area contributed by atoms with Gasteiger partial charge >= 0.3 is 0 Å². The Morgan fingerprint density at radius 2 is 1.91 bits per heavy atom. The van der Waals surface area contributed by atoms with Crippen molar-refractivity contribution in [1.82, 2.24) is 24.5 Å². The highest BCUT2D eigenvalue weighted by Crippen LogP contribution is 2.36. The second kappa shape index (κ2) is 8.22. The van der Waals surface area contributed by atoms with E-state index in [1.807, 2.05) is 32.6 Å². The number of aryl methyl sites for hydroxylation is 1. The summed E-state index contributed by atoms with van der Waals surface area (Å²) in [5.74, 6) is -0.398. The summed E-state index contributed by atoms with van der Waals surface area (Å²) in [6, 6.07) is 5.62. The highest BCUT2D eigenvalue weighted by molar-refractivity contribution is 5.93. The molecule has 1 aliphatic carbocycles. The Labute approximate surface area is 184 Å². The van der Waals surface area contributed by atoms with E-state index >= 15 is 0 Å². The van der Waals surface area contributed by atoms with Gasteiger partial charge < -0.3 is 10.1 Å². The van der Waals surface area contributed by atoms with Crippen LogP contribution in [0.4, 0.5) is 14.6 Å². The zero-order chi connectivity index (χ0) is 22.2. The molecule has 0 spiro atoms. The lowest BCUT2D eigenvalue weighted by atomic mass is 9.93. The number of pyridine rings is 1. The van der Waals surface area contributed by atoms with E-state index in [0.29, 0.717) is 0 Å². The maximum atomic E-state index is 14.0. The fraction of sp³-hybridized carbons (Fsp3) is 0.348. The first kappa shape index (κ1) is 20.4. The van der Waals surface area contributed by atoms with Gasteiger partial charge in [-0.2, -0.15) is 10.2 Å². The van der Waals surface area contributed by atoms with E-state index in [1.165, 1.54) is 12.1 Å². The molecule has 4 aromatic rings. The van der Waals surface area contributed by atoms with E-state index in [2.05, 4.69) is 20.1 Å². The molecule has 0 amide bonds. The Morgan fingerprint density at radius 1 is 1.09 bits per heavy atom. The van der Waals surface area contributed by atoms with Gasteiger partial charge in [-0.3, -0.25) is 9.36 Å². The first-order valence-corrected chi connectivity index (χ1v) is 10.7. The molecule has 0 atom stereocenters. The topological polar surface area (TPSA) is 69.8 Å². The van der Waals surface area contributed by atoms with Crippen LogP contribution in [0.15, 0.2) is 42.9 Å². The molecular formula is C23H24F2N6O. The third kappa shape index (κ3) is 3.79. The predicted molar refractivity (Wildman–Crippen MR) is 118 cm³/mol. The minimum Gasteiger partial charge on any atom is -0.487 e. The van der Waals surface area contributed by atoms with Crippen molar-refractivity contribution >= 4 is 16.7 Å². The minimum absolute atomic E-state index is 0.1000. The average Bonchev–Trinajstić information content (AvgIpc) is 3.39. The molecule has 1 aliphatic rings. The number of anilines is 1. The summed E-state index contributed by atoms with van der Waals surface area (Å²) in [6.45, 7) is 0. The Bertz CT molecular complexity index is 1260. The Hall–Kier alpha value is -3.49. The molecule has 166 valence electrons. The Morgan fingerprint density at radius 3 is 2.59 bits per heavy atom. The Kier molecular flexibility index (Phi) is 5.24. The number of benzene rings is 1. The van der Waals surface area contributed by atoms with Gasteiger partial charge in [-0.15, -0.1) is 0 Å². The zero-order valence-electron chi connectivity index (χ0n) is 17.9. The minimum atomic E-state index is -0.668. The van der Waals surface area contributed by atoms with E-state index in [-0.39, 0.29) is 17.9 Å². The molecule has 5 rings (SSSR count). The lowest BCUT2D eigenvalue weighted by Gasteiger charge is -2.29. The smallest absolute Gasteiger partial charge is 0.167 e. The van der Waals surface area contributed by atoms with Crippen LogP contribution in [-0.4, -0.2) is 37.7 Å². The maximum Gasteiger partial charge on any atom is 0.167 e. The highest BCUT2D eigenvalue weighted by atomic mass is 19.1. The van der Waals surface area contributed by atoms with Crippen molar-refractivity contribution in [3.63, 3.8) is 0 Å². The number of rotatable bonds is 5. The second-order valence-electron chi connectivity index (χ2n) is 8.16. The van der Waals surface area contributed by atoms with E-state index in [0.717, 1.165) is 59.7 Å². The molecule has 1 fully saturated rings. The van der Waals surface area contributed by atoms with Gasteiger partial charge in [0, 0.05) is 49.6 Å². The first-order chi connectivity index (χ1) is 15.5. The molecule has 0 unspecified atom stereocenters. The van der Waals surface area contributed by atoms with Crippen molar-refractivity contribution in [2.75, 3.05) is 12.4 Å². The number of aromatic nitrogens is 5. The molecule has 3 heterocycles. The Balaban J connectivity index is 1.40. The van der Waals surface area contributed by atoms with Gasteiger partial charge in [0.15, 0.2) is 11.6 Å². The summed E-state index contributed by atoms with van der Waals surface area (Å²) in [5.41, 5.74) is 2.81. The summed E-state index contributed by atoms with van der Waals surface area (Å²) in [4.78, 5) is 4.48. The molecule has 9 heteroatoms. The predicted octanol–water partition coefficient (Wildman–Crippen LogP) is 4.71. The number of hydrogen-bond acceptors (Lipinski definition) is 5. The van der Waals surface area contributed by atoms with Crippen LogP contribution in [-0.2, 0) is 7.05 Å². The summed E-state index contributed by atoms with van der Waals surface area (Å²) in [6.07, 6.45) is 8.69. The van der Waals surface area contributed by atoms with Crippen LogP contribution in [0.3, 0.4) is 0 Å². The van der Waals surface area contributed by atoms with Crippen molar-refractivity contribution in [2.45, 2.75) is 37.8 Å². The van der Waals surface area contributed by atoms with Crippen LogP contribution < -0.4 is 10.1 Å². The maximum absolute atomic E-state index is 14.0. The van der Waals surface area contributed by atoms with Crippen molar-refractivity contribution in [3.8, 4) is 17.0 Å². The van der Waals surface area contributed by atoms with Gasteiger partial charge in [-0.05, 0) is 37.8 Å². The van der Waals surface area contributed by atoms with Gasteiger partial charge in [0.1, 0.15) is 17.3 Å². The molecule has 0 bridgehead atoms. The van der Waals surface area contributed by atoms with Gasteiger partial charge in [0.25, 0.3) is 0 Å². The summed E-state index contributed by atoms with van der Waals surface area (Å²) >= 11 is 0. The highest BCUT2D eigenvalue weighted by Gasteiger charge is 2.27. The molecule has 1 aromatic carbocycles. The van der Waals surface area contributed by atoms with Gasteiger partial charge in [-0.25, -0.2) is 13.8 Å². The molecule has 1 saturated carbocycles. The normalized spacial score (nSPS) is 18.8. The standard InChI is InChI=1S/C23H24F2N6O/c1-26-22-10-20-18(12-27-22)23(14-11-28-30(2)13-14)29-31(20)16-4-6-17(7-5-16)32-21-8-3-15(24)9-19(21)25/h3,8-13,16-17H,4-7H2,1-2H3,(H,26,27).